The second kappa shape index (κ2) is 11.8. The van der Waals surface area contributed by atoms with Crippen LogP contribution in [0.25, 0.3) is 5.78 Å². The molecular formula is C28H26BrClF3N9O4. The normalized spacial score (nSPS) is 18.0. The molecule has 2 amide bonds. The number of benzene rings is 1. The lowest BCUT2D eigenvalue weighted by Gasteiger charge is -2.54. The van der Waals surface area contributed by atoms with Gasteiger partial charge in [0, 0.05) is 19.1 Å². The van der Waals surface area contributed by atoms with Gasteiger partial charge in [0.1, 0.15) is 18.6 Å². The Morgan fingerprint density at radius 2 is 1.91 bits per heavy atom. The van der Waals surface area contributed by atoms with Crippen molar-refractivity contribution in [3.8, 4) is 5.75 Å². The predicted molar refractivity (Wildman–Crippen MR) is 163 cm³/mol. The van der Waals surface area contributed by atoms with Crippen molar-refractivity contribution < 1.29 is 27.9 Å². The Bertz CT molecular complexity index is 1950. The molecule has 13 nitrogen and oxygen atoms in total. The van der Waals surface area contributed by atoms with Gasteiger partial charge in [0.25, 0.3) is 11.5 Å². The molecule has 242 valence electrons. The molecular weight excluding hydrogens is 699 g/mol. The highest BCUT2D eigenvalue weighted by Crippen LogP contribution is 2.38. The number of nitrogens with zero attached hydrogens (tertiary/aromatic N) is 8. The summed E-state index contributed by atoms with van der Waals surface area (Å²) >= 11 is 9.27. The first-order valence-corrected chi connectivity index (χ1v) is 15.4. The topological polar surface area (TPSA) is 151 Å². The molecule has 1 saturated carbocycles. The van der Waals surface area contributed by atoms with E-state index in [0.717, 1.165) is 22.7 Å². The molecule has 0 spiro atoms. The van der Waals surface area contributed by atoms with Crippen molar-refractivity contribution in [1.82, 2.24) is 34.0 Å². The number of fused-ring (bicyclic) bond motifs is 2. The van der Waals surface area contributed by atoms with Crippen molar-refractivity contribution in [3.05, 3.63) is 67.3 Å². The minimum atomic E-state index is -4.60. The third-order valence-electron chi connectivity index (χ3n) is 8.35. The number of alkyl halides is 3. The Hall–Kier alpha value is -4.25. The molecule has 0 radical (unpaired) electrons. The molecule has 2 unspecified atom stereocenters. The number of carbonyl (C=O) groups excluding carboxylic acids is 2. The number of hydrogen-bond donors (Lipinski definition) is 2. The summed E-state index contributed by atoms with van der Waals surface area (Å²) in [6.45, 7) is 3.54. The number of aromatic nitrogens is 6. The van der Waals surface area contributed by atoms with Gasteiger partial charge in [0.2, 0.25) is 16.4 Å². The Morgan fingerprint density at radius 1 is 1.17 bits per heavy atom. The van der Waals surface area contributed by atoms with Gasteiger partial charge in [-0.1, -0.05) is 18.5 Å². The molecule has 2 atom stereocenters. The standard InChI is InChI=1S/C28H26BrClF3N9O4/c1-3-17-22(39-8-9-40(19-7-6-18(19)39)24(45)21-23(44)13(2)34-12-35-21)25(46)42-27(37-26(29)38-42)41(17)11-20(43)36-16-5-4-14(10-15(16)30)28(31,32)33/h4-5,10,12,18-19,44H,3,6-9,11H2,1-2H3,(H,36,43). The van der Waals surface area contributed by atoms with Crippen LogP contribution in [0.15, 0.2) is 34.1 Å². The van der Waals surface area contributed by atoms with E-state index in [1.807, 2.05) is 11.8 Å². The summed E-state index contributed by atoms with van der Waals surface area (Å²) in [5.74, 6) is -1.25. The third kappa shape index (κ3) is 5.44. The smallest absolute Gasteiger partial charge is 0.416 e. The van der Waals surface area contributed by atoms with E-state index in [1.165, 1.54) is 10.9 Å². The van der Waals surface area contributed by atoms with E-state index in [1.54, 1.807) is 11.8 Å². The van der Waals surface area contributed by atoms with E-state index in [9.17, 15) is 32.7 Å². The van der Waals surface area contributed by atoms with Crippen LogP contribution in [0.2, 0.25) is 5.02 Å². The molecule has 1 aromatic carbocycles. The monoisotopic (exact) mass is 723 g/mol. The fraction of sp³-hybridized carbons (Fsp3) is 0.393. The van der Waals surface area contributed by atoms with E-state index in [0.29, 0.717) is 30.6 Å². The van der Waals surface area contributed by atoms with Gasteiger partial charge in [-0.15, -0.1) is 5.10 Å². The van der Waals surface area contributed by atoms with Gasteiger partial charge in [0.05, 0.1) is 33.7 Å². The fourth-order valence-corrected chi connectivity index (χ4v) is 6.58. The van der Waals surface area contributed by atoms with Crippen molar-refractivity contribution in [2.75, 3.05) is 23.3 Å². The summed E-state index contributed by atoms with van der Waals surface area (Å²) in [7, 11) is 0. The van der Waals surface area contributed by atoms with Gasteiger partial charge in [-0.3, -0.25) is 14.4 Å². The number of anilines is 2. The second-order valence-corrected chi connectivity index (χ2v) is 12.1. The maximum absolute atomic E-state index is 13.9. The lowest BCUT2D eigenvalue weighted by atomic mass is 9.81. The maximum atomic E-state index is 13.9. The summed E-state index contributed by atoms with van der Waals surface area (Å²) in [6, 6.07) is 2.11. The van der Waals surface area contributed by atoms with E-state index in [-0.39, 0.29) is 70.1 Å². The van der Waals surface area contributed by atoms with Crippen molar-refractivity contribution in [1.29, 1.82) is 0 Å². The molecule has 2 aliphatic rings. The van der Waals surface area contributed by atoms with E-state index in [4.69, 9.17) is 11.6 Å². The average molecular weight is 725 g/mol. The predicted octanol–water partition coefficient (Wildman–Crippen LogP) is 3.82. The molecule has 1 aliphatic carbocycles. The first-order valence-electron chi connectivity index (χ1n) is 14.2. The van der Waals surface area contributed by atoms with Crippen LogP contribution in [0, 0.1) is 6.92 Å². The molecule has 1 aliphatic heterocycles. The van der Waals surface area contributed by atoms with Gasteiger partial charge in [-0.05, 0) is 60.3 Å². The molecule has 2 fully saturated rings. The number of halogens is 5. The summed E-state index contributed by atoms with van der Waals surface area (Å²) < 4.78 is 42.0. The SMILES string of the molecule is CCc1c(N2CCN(C(=O)c3ncnc(C)c3O)C3CCC32)c(=O)n2nc(Br)nc2n1CC(=O)Nc1ccc(C(F)(F)F)cc1Cl. The zero-order valence-corrected chi connectivity index (χ0v) is 26.7. The first kappa shape index (κ1) is 31.7. The zero-order chi connectivity index (χ0) is 33.1. The van der Waals surface area contributed by atoms with Gasteiger partial charge in [0.15, 0.2) is 11.4 Å². The van der Waals surface area contributed by atoms with Crippen molar-refractivity contribution in [2.24, 2.45) is 0 Å². The molecule has 3 aromatic heterocycles. The Balaban J connectivity index is 1.33. The first-order chi connectivity index (χ1) is 21.8. The largest absolute Gasteiger partial charge is 0.504 e. The number of amides is 2. The summed E-state index contributed by atoms with van der Waals surface area (Å²) in [4.78, 5) is 56.5. The van der Waals surface area contributed by atoms with E-state index >= 15 is 0 Å². The van der Waals surface area contributed by atoms with Crippen LogP contribution in [-0.2, 0) is 23.9 Å². The highest BCUT2D eigenvalue weighted by Gasteiger charge is 2.47. The molecule has 4 heterocycles. The molecule has 18 heteroatoms. The number of piperazine rings is 1. The van der Waals surface area contributed by atoms with Crippen LogP contribution in [0.1, 0.15) is 47.2 Å². The van der Waals surface area contributed by atoms with Crippen molar-refractivity contribution >= 4 is 56.5 Å². The molecule has 6 rings (SSSR count). The van der Waals surface area contributed by atoms with Crippen LogP contribution < -0.4 is 15.8 Å². The maximum Gasteiger partial charge on any atom is 0.416 e. The number of aromatic hydroxyl groups is 1. The molecule has 4 aromatic rings. The van der Waals surface area contributed by atoms with E-state index < -0.39 is 29.1 Å². The number of carbonyl (C=O) groups is 2. The Kier molecular flexibility index (Phi) is 8.16. The number of hydrogen-bond acceptors (Lipinski definition) is 9. The molecule has 2 N–H and O–H groups in total. The molecule has 1 saturated heterocycles. The minimum absolute atomic E-state index is 0.0133. The number of rotatable bonds is 6. The van der Waals surface area contributed by atoms with Crippen LogP contribution in [0.3, 0.4) is 0 Å². The van der Waals surface area contributed by atoms with Crippen molar-refractivity contribution in [2.45, 2.75) is 57.9 Å². The lowest BCUT2D eigenvalue weighted by Crippen LogP contribution is -2.67. The van der Waals surface area contributed by atoms with Crippen molar-refractivity contribution in [3.63, 3.8) is 0 Å². The van der Waals surface area contributed by atoms with Gasteiger partial charge < -0.3 is 24.8 Å². The van der Waals surface area contributed by atoms with Crippen LogP contribution in [-0.4, -0.2) is 76.1 Å². The number of nitrogens with one attached hydrogen (secondary N) is 1. The summed E-state index contributed by atoms with van der Waals surface area (Å²) in [5, 5.41) is 16.9. The quantitative estimate of drug-likeness (QED) is 0.303. The minimum Gasteiger partial charge on any atom is -0.504 e. The zero-order valence-electron chi connectivity index (χ0n) is 24.3. The highest BCUT2D eigenvalue weighted by atomic mass is 79.9. The summed E-state index contributed by atoms with van der Waals surface area (Å²) in [5.41, 5.74) is -0.439. The van der Waals surface area contributed by atoms with Crippen LogP contribution in [0.5, 0.6) is 5.75 Å². The molecule has 0 bridgehead atoms. The fourth-order valence-electron chi connectivity index (χ4n) is 6.03. The van der Waals surface area contributed by atoms with Crippen LogP contribution in [0.4, 0.5) is 24.5 Å². The lowest BCUT2D eigenvalue weighted by molar-refractivity contribution is -0.137. The average Bonchev–Trinajstić information content (AvgIpc) is 3.38. The third-order valence-corrected chi connectivity index (χ3v) is 9.00. The number of aryl methyl sites for hydroxylation is 1. The Morgan fingerprint density at radius 3 is 2.57 bits per heavy atom. The highest BCUT2D eigenvalue weighted by molar-refractivity contribution is 9.10. The summed E-state index contributed by atoms with van der Waals surface area (Å²) in [6.07, 6.45) is -1.72. The van der Waals surface area contributed by atoms with Gasteiger partial charge in [-0.25, -0.2) is 9.97 Å². The van der Waals surface area contributed by atoms with Gasteiger partial charge in [-0.2, -0.15) is 22.7 Å². The van der Waals surface area contributed by atoms with Crippen LogP contribution >= 0.6 is 27.5 Å². The van der Waals surface area contributed by atoms with E-state index in [2.05, 4.69) is 41.3 Å². The molecule has 46 heavy (non-hydrogen) atoms. The Labute approximate surface area is 272 Å². The van der Waals surface area contributed by atoms with Gasteiger partial charge >= 0.3 is 6.18 Å². The second-order valence-electron chi connectivity index (χ2n) is 10.9.